The van der Waals surface area contributed by atoms with E-state index in [-0.39, 0.29) is 23.0 Å². The molecule has 1 aromatic carbocycles. The average molecular weight is 400 g/mol. The van der Waals surface area contributed by atoms with Crippen molar-refractivity contribution in [2.24, 2.45) is 0 Å². The summed E-state index contributed by atoms with van der Waals surface area (Å²) in [7, 11) is 0. The van der Waals surface area contributed by atoms with E-state index in [0.29, 0.717) is 16.4 Å². The molecule has 1 atom stereocenters. The highest BCUT2D eigenvalue weighted by Crippen LogP contribution is 2.33. The van der Waals surface area contributed by atoms with Gasteiger partial charge in [0.1, 0.15) is 6.04 Å². The van der Waals surface area contributed by atoms with Gasteiger partial charge in [0.25, 0.3) is 5.91 Å². The van der Waals surface area contributed by atoms with Crippen molar-refractivity contribution in [3.8, 4) is 0 Å². The number of carbonyl (C=O) groups is 3. The molecule has 1 aromatic heterocycles. The summed E-state index contributed by atoms with van der Waals surface area (Å²) < 4.78 is 0. The highest BCUT2D eigenvalue weighted by atomic mass is 35.5. The number of hydrogen-bond donors (Lipinski definition) is 2. The van der Waals surface area contributed by atoms with E-state index in [4.69, 9.17) is 28.3 Å². The molecule has 2 heterocycles. The fourth-order valence-corrected chi connectivity index (χ4v) is 3.58. The van der Waals surface area contributed by atoms with Gasteiger partial charge in [-0.05, 0) is 12.1 Å². The molecule has 2 amide bonds. The largest absolute Gasteiger partial charge is 0.481 e. The fraction of sp³-hybridized carbons (Fsp3) is 0.200. The van der Waals surface area contributed by atoms with Crippen LogP contribution in [0, 0.1) is 0 Å². The number of halogens is 2. The molecule has 2 N–H and O–H groups in total. The number of benzene rings is 1. The van der Waals surface area contributed by atoms with Gasteiger partial charge in [-0.15, -0.1) is 11.3 Å². The Morgan fingerprint density at radius 3 is 2.88 bits per heavy atom. The van der Waals surface area contributed by atoms with Crippen LogP contribution in [0.2, 0.25) is 10.0 Å². The Hall–Kier alpha value is -2.16. The number of carboxylic acid groups (broad SMARTS) is 1. The second-order valence-corrected chi connectivity index (χ2v) is 6.88. The molecular formula is C15H11Cl2N3O4S. The molecule has 7 nitrogen and oxygen atoms in total. The van der Waals surface area contributed by atoms with Crippen LogP contribution in [0.5, 0.6) is 0 Å². The predicted molar refractivity (Wildman–Crippen MR) is 94.4 cm³/mol. The van der Waals surface area contributed by atoms with Crippen LogP contribution >= 0.6 is 34.5 Å². The Kier molecular flexibility index (Phi) is 4.94. The highest BCUT2D eigenvalue weighted by Gasteiger charge is 2.41. The number of carbonyl (C=O) groups excluding carboxylic acids is 2. The minimum atomic E-state index is -1.04. The lowest BCUT2D eigenvalue weighted by molar-refractivity contribution is -0.136. The highest BCUT2D eigenvalue weighted by molar-refractivity contribution is 7.14. The van der Waals surface area contributed by atoms with Crippen molar-refractivity contribution < 1.29 is 19.5 Å². The number of nitrogens with one attached hydrogen (secondary N) is 1. The number of carboxylic acids is 1. The minimum absolute atomic E-state index is 0.0600. The minimum Gasteiger partial charge on any atom is -0.481 e. The lowest BCUT2D eigenvalue weighted by Gasteiger charge is -2.15. The number of hydrogen-bond acceptors (Lipinski definition) is 6. The summed E-state index contributed by atoms with van der Waals surface area (Å²) in [5.74, 6) is -1.93. The Labute approximate surface area is 156 Å². The Morgan fingerprint density at radius 1 is 1.40 bits per heavy atom. The SMILES string of the molecule is O=C(O)Cc1csc(N2C(=O)CC(Nc3cccc(Cl)c3Cl)C2=O)n1. The van der Waals surface area contributed by atoms with Gasteiger partial charge in [0.15, 0.2) is 5.13 Å². The number of anilines is 2. The van der Waals surface area contributed by atoms with Crippen LogP contribution in [-0.4, -0.2) is 33.9 Å². The van der Waals surface area contributed by atoms with Crippen molar-refractivity contribution in [2.45, 2.75) is 18.9 Å². The number of nitrogens with zero attached hydrogens (tertiary/aromatic N) is 2. The van der Waals surface area contributed by atoms with Crippen LogP contribution in [0.3, 0.4) is 0 Å². The molecule has 1 fully saturated rings. The van der Waals surface area contributed by atoms with Gasteiger partial charge in [0, 0.05) is 5.38 Å². The van der Waals surface area contributed by atoms with Gasteiger partial charge >= 0.3 is 5.97 Å². The third kappa shape index (κ3) is 3.60. The normalized spacial score (nSPS) is 17.2. The number of rotatable bonds is 5. The molecule has 1 aliphatic rings. The zero-order chi connectivity index (χ0) is 18.1. The first-order chi connectivity index (χ1) is 11.9. The average Bonchev–Trinajstić information content (AvgIpc) is 3.08. The Morgan fingerprint density at radius 2 is 2.16 bits per heavy atom. The second-order valence-electron chi connectivity index (χ2n) is 5.26. The number of imide groups is 1. The van der Waals surface area contributed by atoms with Crippen LogP contribution in [0.15, 0.2) is 23.6 Å². The summed E-state index contributed by atoms with van der Waals surface area (Å²) in [6.45, 7) is 0. The number of aliphatic carboxylic acids is 1. The maximum Gasteiger partial charge on any atom is 0.309 e. The van der Waals surface area contributed by atoms with E-state index < -0.39 is 23.8 Å². The zero-order valence-electron chi connectivity index (χ0n) is 12.5. The van der Waals surface area contributed by atoms with E-state index >= 15 is 0 Å². The first-order valence-corrected chi connectivity index (χ1v) is 8.74. The summed E-state index contributed by atoms with van der Waals surface area (Å²) in [6.07, 6.45) is -0.331. The number of amides is 2. The molecule has 1 aliphatic heterocycles. The van der Waals surface area contributed by atoms with Gasteiger partial charge in [-0.2, -0.15) is 0 Å². The molecule has 0 saturated carbocycles. The molecule has 0 radical (unpaired) electrons. The molecule has 0 aliphatic carbocycles. The Balaban J connectivity index is 1.79. The van der Waals surface area contributed by atoms with Gasteiger partial charge in [0.2, 0.25) is 5.91 Å². The summed E-state index contributed by atoms with van der Waals surface area (Å²) in [6, 6.07) is 4.15. The molecule has 10 heteroatoms. The fourth-order valence-electron chi connectivity index (χ4n) is 2.38. The van der Waals surface area contributed by atoms with E-state index in [1.165, 1.54) is 5.38 Å². The number of aromatic nitrogens is 1. The quantitative estimate of drug-likeness (QED) is 0.749. The first kappa shape index (κ1) is 17.7. The maximum absolute atomic E-state index is 12.6. The van der Waals surface area contributed by atoms with Gasteiger partial charge in [-0.1, -0.05) is 29.3 Å². The standard InChI is InChI=1S/C15H11Cl2N3O4S/c16-8-2-1-3-9(13(8)17)19-10-5-11(21)20(14(10)24)15-18-7(6-25-15)4-12(22)23/h1-3,6,10,19H,4-5H2,(H,22,23). The summed E-state index contributed by atoms with van der Waals surface area (Å²) >= 11 is 13.1. The third-order valence-electron chi connectivity index (χ3n) is 3.49. The monoisotopic (exact) mass is 399 g/mol. The molecule has 1 saturated heterocycles. The summed E-state index contributed by atoms with van der Waals surface area (Å²) in [5, 5.41) is 14.0. The van der Waals surface area contributed by atoms with E-state index in [2.05, 4.69) is 10.3 Å². The van der Waals surface area contributed by atoms with E-state index in [0.717, 1.165) is 16.2 Å². The van der Waals surface area contributed by atoms with Crippen molar-refractivity contribution in [1.82, 2.24) is 4.98 Å². The maximum atomic E-state index is 12.6. The van der Waals surface area contributed by atoms with E-state index in [1.54, 1.807) is 18.2 Å². The smallest absolute Gasteiger partial charge is 0.309 e. The molecule has 25 heavy (non-hydrogen) atoms. The molecule has 1 unspecified atom stereocenters. The molecule has 2 aromatic rings. The second kappa shape index (κ2) is 6.99. The third-order valence-corrected chi connectivity index (χ3v) is 5.18. The zero-order valence-corrected chi connectivity index (χ0v) is 14.9. The van der Waals surface area contributed by atoms with Crippen molar-refractivity contribution in [3.63, 3.8) is 0 Å². The molecule has 130 valence electrons. The lowest BCUT2D eigenvalue weighted by Crippen LogP contribution is -2.34. The predicted octanol–water partition coefficient (Wildman–Crippen LogP) is 2.82. The molecule has 3 rings (SSSR count). The van der Waals surface area contributed by atoms with Crippen molar-refractivity contribution >= 4 is 63.1 Å². The lowest BCUT2D eigenvalue weighted by atomic mass is 10.2. The van der Waals surface area contributed by atoms with Gasteiger partial charge in [-0.25, -0.2) is 9.88 Å². The molecule has 0 spiro atoms. The van der Waals surface area contributed by atoms with Crippen LogP contribution in [-0.2, 0) is 20.8 Å². The van der Waals surface area contributed by atoms with Crippen LogP contribution in [0.1, 0.15) is 12.1 Å². The van der Waals surface area contributed by atoms with E-state index in [9.17, 15) is 14.4 Å². The molecule has 0 bridgehead atoms. The van der Waals surface area contributed by atoms with Crippen LogP contribution < -0.4 is 10.2 Å². The molecular weight excluding hydrogens is 389 g/mol. The van der Waals surface area contributed by atoms with Crippen molar-refractivity contribution in [2.75, 3.05) is 10.2 Å². The van der Waals surface area contributed by atoms with Gasteiger partial charge in [0.05, 0.1) is 34.3 Å². The summed E-state index contributed by atoms with van der Waals surface area (Å²) in [5.41, 5.74) is 0.746. The van der Waals surface area contributed by atoms with Crippen molar-refractivity contribution in [3.05, 3.63) is 39.3 Å². The first-order valence-electron chi connectivity index (χ1n) is 7.10. The Bertz CT molecular complexity index is 870. The topological polar surface area (TPSA) is 99.6 Å². The number of thiazole rings is 1. The summed E-state index contributed by atoms with van der Waals surface area (Å²) in [4.78, 5) is 40.5. The van der Waals surface area contributed by atoms with Crippen LogP contribution in [0.25, 0.3) is 0 Å². The van der Waals surface area contributed by atoms with Crippen LogP contribution in [0.4, 0.5) is 10.8 Å². The van der Waals surface area contributed by atoms with Crippen molar-refractivity contribution in [1.29, 1.82) is 0 Å². The van der Waals surface area contributed by atoms with Gasteiger partial charge in [-0.3, -0.25) is 14.4 Å². The van der Waals surface area contributed by atoms with E-state index in [1.807, 2.05) is 0 Å². The van der Waals surface area contributed by atoms with Gasteiger partial charge < -0.3 is 10.4 Å².